The van der Waals surface area contributed by atoms with Crippen molar-refractivity contribution in [1.29, 1.82) is 0 Å². The highest BCUT2D eigenvalue weighted by Crippen LogP contribution is 2.24. The van der Waals surface area contributed by atoms with Crippen LogP contribution < -0.4 is 5.56 Å². The van der Waals surface area contributed by atoms with Crippen LogP contribution in [0.1, 0.15) is 63.0 Å². The summed E-state index contributed by atoms with van der Waals surface area (Å²) in [5, 5.41) is 5.68. The molecule has 1 unspecified atom stereocenters. The van der Waals surface area contributed by atoms with Crippen LogP contribution in [0.25, 0.3) is 10.8 Å². The van der Waals surface area contributed by atoms with Crippen molar-refractivity contribution in [2.24, 2.45) is 0 Å². The average Bonchev–Trinajstić information content (AvgIpc) is 2.61. The van der Waals surface area contributed by atoms with E-state index in [-0.39, 0.29) is 23.6 Å². The molecular weight excluding hydrogens is 302 g/mol. The molecule has 0 aliphatic carbocycles. The summed E-state index contributed by atoms with van der Waals surface area (Å²) in [5.74, 6) is -0.0489. The van der Waals surface area contributed by atoms with Gasteiger partial charge in [-0.25, -0.2) is 4.68 Å². The second-order valence-electron chi connectivity index (χ2n) is 6.79. The van der Waals surface area contributed by atoms with E-state index in [0.717, 1.165) is 25.8 Å². The first-order chi connectivity index (χ1) is 11.5. The molecule has 5 nitrogen and oxygen atoms in total. The number of hydrogen-bond acceptors (Lipinski definition) is 3. The maximum atomic E-state index is 13.2. The number of amides is 1. The molecule has 1 fully saturated rings. The Hall–Kier alpha value is -2.17. The molecular formula is C19H25N3O2. The van der Waals surface area contributed by atoms with Crippen LogP contribution in [0.5, 0.6) is 0 Å². The minimum absolute atomic E-state index is 0.0489. The maximum Gasteiger partial charge on any atom is 0.275 e. The first-order valence-electron chi connectivity index (χ1n) is 8.87. The van der Waals surface area contributed by atoms with Crippen LogP contribution >= 0.6 is 0 Å². The number of rotatable bonds is 3. The normalized spacial score (nSPS) is 18.3. The van der Waals surface area contributed by atoms with E-state index in [1.807, 2.05) is 36.9 Å². The Morgan fingerprint density at radius 1 is 1.25 bits per heavy atom. The van der Waals surface area contributed by atoms with Crippen LogP contribution in [0.2, 0.25) is 0 Å². The highest BCUT2D eigenvalue weighted by molar-refractivity contribution is 6.04. The van der Waals surface area contributed by atoms with Gasteiger partial charge in [0.25, 0.3) is 11.5 Å². The molecule has 0 spiro atoms. The molecule has 3 rings (SSSR count). The molecule has 1 aromatic heterocycles. The zero-order valence-electron chi connectivity index (χ0n) is 14.7. The van der Waals surface area contributed by atoms with Gasteiger partial charge in [-0.1, -0.05) is 25.1 Å². The molecule has 5 heteroatoms. The quantitative estimate of drug-likeness (QED) is 0.868. The molecule has 128 valence electrons. The summed E-state index contributed by atoms with van der Waals surface area (Å²) >= 11 is 0. The Labute approximate surface area is 142 Å². The predicted octanol–water partition coefficient (Wildman–Crippen LogP) is 3.38. The smallest absolute Gasteiger partial charge is 0.275 e. The first kappa shape index (κ1) is 16.7. The van der Waals surface area contributed by atoms with Gasteiger partial charge in [0.15, 0.2) is 5.69 Å². The number of hydrogen-bond donors (Lipinski definition) is 0. The molecule has 1 amide bonds. The van der Waals surface area contributed by atoms with E-state index in [1.165, 1.54) is 11.1 Å². The summed E-state index contributed by atoms with van der Waals surface area (Å²) in [6, 6.07) is 7.48. The number of fused-ring (bicyclic) bond motifs is 1. The summed E-state index contributed by atoms with van der Waals surface area (Å²) in [4.78, 5) is 27.8. The van der Waals surface area contributed by atoms with Crippen LogP contribution in [0.3, 0.4) is 0 Å². The van der Waals surface area contributed by atoms with Gasteiger partial charge in [-0.2, -0.15) is 5.10 Å². The van der Waals surface area contributed by atoms with Crippen LogP contribution in [0, 0.1) is 0 Å². The van der Waals surface area contributed by atoms with Gasteiger partial charge < -0.3 is 4.90 Å². The Balaban J connectivity index is 2.16. The van der Waals surface area contributed by atoms with Gasteiger partial charge in [0.2, 0.25) is 0 Å². The Morgan fingerprint density at radius 3 is 2.62 bits per heavy atom. The number of aromatic nitrogens is 2. The van der Waals surface area contributed by atoms with Crippen LogP contribution in [-0.2, 0) is 0 Å². The van der Waals surface area contributed by atoms with Gasteiger partial charge in [0, 0.05) is 18.0 Å². The van der Waals surface area contributed by atoms with E-state index in [2.05, 4.69) is 12.0 Å². The molecule has 1 aliphatic rings. The fraction of sp³-hybridized carbons (Fsp3) is 0.526. The highest BCUT2D eigenvalue weighted by atomic mass is 16.2. The molecule has 24 heavy (non-hydrogen) atoms. The topological polar surface area (TPSA) is 55.2 Å². The average molecular weight is 327 g/mol. The maximum absolute atomic E-state index is 13.2. The van der Waals surface area contributed by atoms with Crippen molar-refractivity contribution in [2.45, 2.75) is 58.5 Å². The molecule has 0 saturated carbocycles. The Kier molecular flexibility index (Phi) is 4.69. The second-order valence-corrected chi connectivity index (χ2v) is 6.79. The molecule has 0 bridgehead atoms. The number of nitrogens with zero attached hydrogens (tertiary/aromatic N) is 3. The lowest BCUT2D eigenvalue weighted by Crippen LogP contribution is -2.44. The van der Waals surface area contributed by atoms with Crippen molar-refractivity contribution >= 4 is 16.7 Å². The van der Waals surface area contributed by atoms with Crippen molar-refractivity contribution in [3.8, 4) is 0 Å². The van der Waals surface area contributed by atoms with E-state index in [4.69, 9.17) is 0 Å². The number of carbonyl (C=O) groups is 1. The van der Waals surface area contributed by atoms with Gasteiger partial charge >= 0.3 is 0 Å². The Bertz CT molecular complexity index is 810. The van der Waals surface area contributed by atoms with Gasteiger partial charge in [0.1, 0.15) is 0 Å². The molecule has 0 radical (unpaired) electrons. The van der Waals surface area contributed by atoms with Crippen molar-refractivity contribution < 1.29 is 4.79 Å². The third-order valence-corrected chi connectivity index (χ3v) is 4.88. The molecule has 1 aliphatic heterocycles. The molecule has 1 aromatic carbocycles. The molecule has 2 aromatic rings. The molecule has 1 saturated heterocycles. The fourth-order valence-electron chi connectivity index (χ4n) is 3.54. The zero-order chi connectivity index (χ0) is 17.3. The number of benzene rings is 1. The van der Waals surface area contributed by atoms with Crippen LogP contribution in [0.15, 0.2) is 29.1 Å². The van der Waals surface area contributed by atoms with Gasteiger partial charge in [-0.15, -0.1) is 0 Å². The lowest BCUT2D eigenvalue weighted by molar-refractivity contribution is 0.0601. The van der Waals surface area contributed by atoms with Crippen LogP contribution in [0.4, 0.5) is 0 Å². The number of piperidine rings is 1. The van der Waals surface area contributed by atoms with Crippen molar-refractivity contribution in [3.63, 3.8) is 0 Å². The zero-order valence-corrected chi connectivity index (χ0v) is 14.7. The summed E-state index contributed by atoms with van der Waals surface area (Å²) in [7, 11) is 0. The van der Waals surface area contributed by atoms with Crippen molar-refractivity contribution in [1.82, 2.24) is 14.7 Å². The van der Waals surface area contributed by atoms with Crippen LogP contribution in [-0.4, -0.2) is 33.2 Å². The van der Waals surface area contributed by atoms with Gasteiger partial charge in [-0.05, 0) is 45.6 Å². The van der Waals surface area contributed by atoms with Gasteiger partial charge in [-0.3, -0.25) is 9.59 Å². The van der Waals surface area contributed by atoms with Crippen molar-refractivity contribution in [2.75, 3.05) is 6.54 Å². The third kappa shape index (κ3) is 2.83. The molecule has 0 N–H and O–H groups in total. The molecule has 1 atom stereocenters. The lowest BCUT2D eigenvalue weighted by Gasteiger charge is -2.35. The van der Waals surface area contributed by atoms with E-state index < -0.39 is 0 Å². The standard InChI is InChI=1S/C19H25N3O2/c1-4-14-9-7-8-12-21(14)19(24)17-15-10-5-6-11-16(15)18(23)22(20-17)13(2)3/h5-6,10-11,13-14H,4,7-9,12H2,1-3H3. The van der Waals surface area contributed by atoms with Crippen molar-refractivity contribution in [3.05, 3.63) is 40.3 Å². The first-order valence-corrected chi connectivity index (χ1v) is 8.87. The minimum Gasteiger partial charge on any atom is -0.334 e. The summed E-state index contributed by atoms with van der Waals surface area (Å²) < 4.78 is 1.43. The second kappa shape index (κ2) is 6.75. The number of carbonyl (C=O) groups excluding carboxylic acids is 1. The SMILES string of the molecule is CCC1CCCCN1C(=O)c1nn(C(C)C)c(=O)c2ccccc12. The predicted molar refractivity (Wildman–Crippen MR) is 95.4 cm³/mol. The minimum atomic E-state index is -0.136. The van der Waals surface area contributed by atoms with E-state index in [9.17, 15) is 9.59 Å². The monoisotopic (exact) mass is 327 g/mol. The third-order valence-electron chi connectivity index (χ3n) is 4.88. The summed E-state index contributed by atoms with van der Waals surface area (Å²) in [5.41, 5.74) is 0.266. The van der Waals surface area contributed by atoms with E-state index in [0.29, 0.717) is 16.5 Å². The summed E-state index contributed by atoms with van der Waals surface area (Å²) in [6.45, 7) is 6.71. The lowest BCUT2D eigenvalue weighted by atomic mass is 9.99. The fourth-order valence-corrected chi connectivity index (χ4v) is 3.54. The Morgan fingerprint density at radius 2 is 1.96 bits per heavy atom. The summed E-state index contributed by atoms with van der Waals surface area (Å²) in [6.07, 6.45) is 4.20. The largest absolute Gasteiger partial charge is 0.334 e. The van der Waals surface area contributed by atoms with Gasteiger partial charge in [0.05, 0.1) is 11.4 Å². The number of likely N-dealkylation sites (tertiary alicyclic amines) is 1. The van der Waals surface area contributed by atoms with E-state index in [1.54, 1.807) is 6.07 Å². The van der Waals surface area contributed by atoms with E-state index >= 15 is 0 Å². The highest BCUT2D eigenvalue weighted by Gasteiger charge is 2.29. The molecule has 2 heterocycles.